The molecule has 0 bridgehead atoms. The van der Waals surface area contributed by atoms with Gasteiger partial charge >= 0.3 is 11.9 Å². The Labute approximate surface area is 87.0 Å². The van der Waals surface area contributed by atoms with E-state index in [4.69, 9.17) is 9.47 Å². The highest BCUT2D eigenvalue weighted by molar-refractivity contribution is 5.70. The molecule has 0 radical (unpaired) electrons. The quantitative estimate of drug-likeness (QED) is 0.685. The second-order valence-electron chi connectivity index (χ2n) is 2.98. The molecule has 5 nitrogen and oxygen atoms in total. The number of hydrogen-bond donors (Lipinski definition) is 0. The summed E-state index contributed by atoms with van der Waals surface area (Å²) in [6.45, 7) is 4.30. The van der Waals surface area contributed by atoms with Crippen LogP contribution in [0.15, 0.2) is 12.3 Å². The number of aromatic nitrogens is 1. The third-order valence-corrected chi connectivity index (χ3v) is 1.51. The zero-order chi connectivity index (χ0) is 11.4. The van der Waals surface area contributed by atoms with Gasteiger partial charge in [-0.3, -0.25) is 9.59 Å². The van der Waals surface area contributed by atoms with E-state index >= 15 is 0 Å². The Morgan fingerprint density at radius 2 is 1.80 bits per heavy atom. The van der Waals surface area contributed by atoms with E-state index in [2.05, 4.69) is 4.98 Å². The molecule has 0 amide bonds. The molecule has 0 N–H and O–H groups in total. The van der Waals surface area contributed by atoms with Crippen molar-refractivity contribution in [2.24, 2.45) is 0 Å². The highest BCUT2D eigenvalue weighted by Crippen LogP contribution is 2.20. The van der Waals surface area contributed by atoms with E-state index in [1.165, 1.54) is 20.0 Å². The Kier molecular flexibility index (Phi) is 3.38. The van der Waals surface area contributed by atoms with Gasteiger partial charge in [0.2, 0.25) is 5.88 Å². The molecule has 15 heavy (non-hydrogen) atoms. The summed E-state index contributed by atoms with van der Waals surface area (Å²) in [7, 11) is 0. The first-order chi connectivity index (χ1) is 6.99. The molecule has 0 aliphatic heterocycles. The maximum absolute atomic E-state index is 10.7. The van der Waals surface area contributed by atoms with Crippen molar-refractivity contribution in [1.29, 1.82) is 0 Å². The van der Waals surface area contributed by atoms with Crippen molar-refractivity contribution in [2.75, 3.05) is 0 Å². The monoisotopic (exact) mass is 209 g/mol. The van der Waals surface area contributed by atoms with Gasteiger partial charge in [0.15, 0.2) is 0 Å². The Bertz CT molecular complexity index is 400. The molecule has 0 spiro atoms. The van der Waals surface area contributed by atoms with Gasteiger partial charge in [0.05, 0.1) is 6.20 Å². The number of ether oxygens (including phenoxy) is 2. The number of nitrogens with zero attached hydrogens (tertiary/aromatic N) is 1. The second kappa shape index (κ2) is 4.54. The fourth-order valence-electron chi connectivity index (χ4n) is 1.00. The minimum atomic E-state index is -0.439. The normalized spacial score (nSPS) is 9.53. The Morgan fingerprint density at radius 1 is 1.20 bits per heavy atom. The lowest BCUT2D eigenvalue weighted by molar-refractivity contribution is -0.133. The Hall–Kier alpha value is -1.91. The zero-order valence-corrected chi connectivity index (χ0v) is 8.73. The van der Waals surface area contributed by atoms with Gasteiger partial charge in [-0.25, -0.2) is 4.98 Å². The largest absolute Gasteiger partial charge is 0.425 e. The number of pyridine rings is 1. The van der Waals surface area contributed by atoms with Crippen LogP contribution in [-0.2, 0) is 9.59 Å². The van der Waals surface area contributed by atoms with Crippen molar-refractivity contribution < 1.29 is 19.1 Å². The van der Waals surface area contributed by atoms with E-state index in [1.54, 1.807) is 13.0 Å². The summed E-state index contributed by atoms with van der Waals surface area (Å²) in [5.74, 6) is -0.309. The first kappa shape index (κ1) is 11.2. The van der Waals surface area contributed by atoms with Gasteiger partial charge in [0, 0.05) is 19.4 Å². The molecule has 0 atom stereocenters. The van der Waals surface area contributed by atoms with E-state index in [0.29, 0.717) is 11.3 Å². The molecule has 1 heterocycles. The molecule has 0 aliphatic rings. The number of carbonyl (C=O) groups excluding carboxylic acids is 2. The average molecular weight is 209 g/mol. The van der Waals surface area contributed by atoms with E-state index in [9.17, 15) is 9.59 Å². The second-order valence-corrected chi connectivity index (χ2v) is 2.98. The number of hydrogen-bond acceptors (Lipinski definition) is 5. The minimum absolute atomic E-state index is 0.221. The van der Waals surface area contributed by atoms with Crippen LogP contribution >= 0.6 is 0 Å². The lowest BCUT2D eigenvalue weighted by Gasteiger charge is -2.05. The predicted octanol–water partition coefficient (Wildman–Crippen LogP) is 1.24. The lowest BCUT2D eigenvalue weighted by Crippen LogP contribution is -2.06. The number of esters is 2. The van der Waals surface area contributed by atoms with Crippen LogP contribution < -0.4 is 9.47 Å². The van der Waals surface area contributed by atoms with Crippen molar-refractivity contribution in [3.05, 3.63) is 17.8 Å². The first-order valence-electron chi connectivity index (χ1n) is 4.32. The predicted molar refractivity (Wildman–Crippen MR) is 51.6 cm³/mol. The van der Waals surface area contributed by atoms with Crippen LogP contribution in [0, 0.1) is 6.92 Å². The van der Waals surface area contributed by atoms with Gasteiger partial charge in [-0.1, -0.05) is 0 Å². The lowest BCUT2D eigenvalue weighted by atomic mass is 10.3. The van der Waals surface area contributed by atoms with E-state index in [0.717, 1.165) is 0 Å². The Balaban J connectivity index is 2.87. The van der Waals surface area contributed by atoms with E-state index in [1.807, 2.05) is 0 Å². The average Bonchev–Trinajstić information content (AvgIpc) is 2.08. The van der Waals surface area contributed by atoms with Crippen molar-refractivity contribution in [1.82, 2.24) is 4.98 Å². The molecule has 1 aromatic heterocycles. The summed E-state index contributed by atoms with van der Waals surface area (Å²) in [5, 5.41) is 0. The van der Waals surface area contributed by atoms with Gasteiger partial charge in [-0.05, 0) is 13.0 Å². The smallest absolute Gasteiger partial charge is 0.309 e. The Morgan fingerprint density at radius 3 is 2.27 bits per heavy atom. The van der Waals surface area contributed by atoms with E-state index in [-0.39, 0.29) is 5.88 Å². The van der Waals surface area contributed by atoms with Gasteiger partial charge in [-0.2, -0.15) is 0 Å². The SMILES string of the molecule is CC(=O)Oc1cnc(OC(C)=O)c(C)c1. The van der Waals surface area contributed by atoms with Crippen molar-refractivity contribution >= 4 is 11.9 Å². The van der Waals surface area contributed by atoms with Crippen molar-refractivity contribution in [2.45, 2.75) is 20.8 Å². The van der Waals surface area contributed by atoms with E-state index < -0.39 is 11.9 Å². The summed E-state index contributed by atoms with van der Waals surface area (Å²) >= 11 is 0. The fourth-order valence-corrected chi connectivity index (χ4v) is 1.00. The van der Waals surface area contributed by atoms with Gasteiger partial charge in [-0.15, -0.1) is 0 Å². The number of rotatable bonds is 2. The molecule has 0 fully saturated rings. The van der Waals surface area contributed by atoms with Gasteiger partial charge < -0.3 is 9.47 Å². The third kappa shape index (κ3) is 3.38. The highest BCUT2D eigenvalue weighted by atomic mass is 16.5. The molecule has 0 saturated carbocycles. The zero-order valence-electron chi connectivity index (χ0n) is 8.73. The van der Waals surface area contributed by atoms with Crippen molar-refractivity contribution in [3.8, 4) is 11.6 Å². The molecule has 80 valence electrons. The molecule has 5 heteroatoms. The fraction of sp³-hybridized carbons (Fsp3) is 0.300. The standard InChI is InChI=1S/C10H11NO4/c1-6-4-9(14-7(2)12)5-11-10(6)15-8(3)13/h4-5H,1-3H3. The third-order valence-electron chi connectivity index (χ3n) is 1.51. The molecule has 0 unspecified atom stereocenters. The van der Waals surface area contributed by atoms with Crippen LogP contribution in [0.25, 0.3) is 0 Å². The molecule has 1 rings (SSSR count). The topological polar surface area (TPSA) is 65.5 Å². The van der Waals surface area contributed by atoms with Crippen LogP contribution in [0.2, 0.25) is 0 Å². The summed E-state index contributed by atoms with van der Waals surface area (Å²) < 4.78 is 9.63. The van der Waals surface area contributed by atoms with Crippen LogP contribution in [0.4, 0.5) is 0 Å². The molecule has 0 aromatic carbocycles. The van der Waals surface area contributed by atoms with Crippen molar-refractivity contribution in [3.63, 3.8) is 0 Å². The molecule has 1 aromatic rings. The van der Waals surface area contributed by atoms with Gasteiger partial charge in [0.25, 0.3) is 0 Å². The summed E-state index contributed by atoms with van der Waals surface area (Å²) in [5.41, 5.74) is 0.629. The number of carbonyl (C=O) groups is 2. The molecular formula is C10H11NO4. The van der Waals surface area contributed by atoms with Crippen LogP contribution in [-0.4, -0.2) is 16.9 Å². The molecule has 0 aliphatic carbocycles. The summed E-state index contributed by atoms with van der Waals surface area (Å²) in [6, 6.07) is 1.58. The van der Waals surface area contributed by atoms with Crippen LogP contribution in [0.1, 0.15) is 19.4 Å². The highest BCUT2D eigenvalue weighted by Gasteiger charge is 2.07. The maximum atomic E-state index is 10.7. The molecule has 0 saturated heterocycles. The number of aryl methyl sites for hydroxylation is 1. The van der Waals surface area contributed by atoms with Gasteiger partial charge in [0.1, 0.15) is 5.75 Å². The minimum Gasteiger partial charge on any atom is -0.425 e. The summed E-state index contributed by atoms with van der Waals surface area (Å²) in [6.07, 6.45) is 1.33. The molecular weight excluding hydrogens is 198 g/mol. The van der Waals surface area contributed by atoms with Crippen LogP contribution in [0.5, 0.6) is 11.6 Å². The van der Waals surface area contributed by atoms with Crippen LogP contribution in [0.3, 0.4) is 0 Å². The summed E-state index contributed by atoms with van der Waals surface area (Å²) in [4.78, 5) is 25.2. The maximum Gasteiger partial charge on any atom is 0.309 e. The first-order valence-corrected chi connectivity index (χ1v) is 4.32.